The Balaban J connectivity index is 1.39. The van der Waals surface area contributed by atoms with Gasteiger partial charge in [0.25, 0.3) is 0 Å². The Hall–Kier alpha value is -2.69. The van der Waals surface area contributed by atoms with Gasteiger partial charge in [0, 0.05) is 59.6 Å². The molecule has 0 amide bonds. The van der Waals surface area contributed by atoms with Crippen molar-refractivity contribution in [3.8, 4) is 0 Å². The van der Waals surface area contributed by atoms with Crippen LogP contribution in [-0.2, 0) is 6.54 Å². The lowest BCUT2D eigenvalue weighted by Gasteiger charge is -2.26. The molecule has 0 fully saturated rings. The maximum atomic E-state index is 6.32. The maximum Gasteiger partial charge on any atom is 0.137 e. The minimum absolute atomic E-state index is 0.760. The zero-order chi connectivity index (χ0) is 18.2. The van der Waals surface area contributed by atoms with E-state index in [0.29, 0.717) is 0 Å². The number of rotatable bonds is 3. The van der Waals surface area contributed by atoms with Crippen LogP contribution in [0.2, 0.25) is 5.02 Å². The van der Waals surface area contributed by atoms with Crippen LogP contribution < -0.4 is 0 Å². The number of halogens is 1. The van der Waals surface area contributed by atoms with Gasteiger partial charge in [-0.25, -0.2) is 4.98 Å². The van der Waals surface area contributed by atoms with Gasteiger partial charge >= 0.3 is 0 Å². The summed E-state index contributed by atoms with van der Waals surface area (Å²) in [7, 11) is 0. The second-order valence-electron chi connectivity index (χ2n) is 6.92. The Morgan fingerprint density at radius 1 is 1.04 bits per heavy atom. The fourth-order valence-corrected chi connectivity index (χ4v) is 4.10. The quantitative estimate of drug-likeness (QED) is 0.545. The Morgan fingerprint density at radius 2 is 1.89 bits per heavy atom. The Labute approximate surface area is 162 Å². The van der Waals surface area contributed by atoms with Crippen molar-refractivity contribution in [2.75, 3.05) is 13.1 Å². The first-order valence-corrected chi connectivity index (χ1v) is 9.53. The third kappa shape index (κ3) is 3.01. The highest BCUT2D eigenvalue weighted by Crippen LogP contribution is 2.30. The van der Waals surface area contributed by atoms with E-state index in [-0.39, 0.29) is 0 Å². The third-order valence-electron chi connectivity index (χ3n) is 5.28. The van der Waals surface area contributed by atoms with Crippen LogP contribution in [0.4, 0.5) is 0 Å². The Kier molecular flexibility index (Phi) is 4.15. The lowest BCUT2D eigenvalue weighted by atomic mass is 9.99. The molecule has 4 nitrogen and oxygen atoms in total. The Morgan fingerprint density at radius 3 is 2.74 bits per heavy atom. The highest BCUT2D eigenvalue weighted by molar-refractivity contribution is 6.35. The number of benzene rings is 1. The highest BCUT2D eigenvalue weighted by atomic mass is 35.5. The number of H-pyrrole nitrogens is 1. The molecule has 0 unspecified atom stereocenters. The van der Waals surface area contributed by atoms with Crippen LogP contribution in [0.1, 0.15) is 17.5 Å². The van der Waals surface area contributed by atoms with Crippen molar-refractivity contribution in [1.82, 2.24) is 19.9 Å². The molecule has 5 rings (SSSR count). The second-order valence-corrected chi connectivity index (χ2v) is 7.33. The Bertz CT molecular complexity index is 1160. The molecule has 4 heterocycles. The molecule has 0 spiro atoms. The number of fused-ring (bicyclic) bond motifs is 2. The summed E-state index contributed by atoms with van der Waals surface area (Å²) in [4.78, 5) is 14.7. The summed E-state index contributed by atoms with van der Waals surface area (Å²) in [6, 6.07) is 12.2. The van der Waals surface area contributed by atoms with Crippen molar-refractivity contribution in [3.05, 3.63) is 77.2 Å². The first-order chi connectivity index (χ1) is 13.3. The van der Waals surface area contributed by atoms with Gasteiger partial charge in [0.2, 0.25) is 0 Å². The van der Waals surface area contributed by atoms with Crippen molar-refractivity contribution in [1.29, 1.82) is 0 Å². The zero-order valence-electron chi connectivity index (χ0n) is 14.8. The SMILES string of the molecule is Clc1ccc(CN2CC=C(c3c[nH]c4ncccc34)CC2)c2ncccc12. The first kappa shape index (κ1) is 16.5. The van der Waals surface area contributed by atoms with Gasteiger partial charge in [0.1, 0.15) is 5.65 Å². The summed E-state index contributed by atoms with van der Waals surface area (Å²) >= 11 is 6.32. The van der Waals surface area contributed by atoms with E-state index in [4.69, 9.17) is 11.6 Å². The summed E-state index contributed by atoms with van der Waals surface area (Å²) in [6.07, 6.45) is 9.10. The predicted octanol–water partition coefficient (Wildman–Crippen LogP) is 5.05. The first-order valence-electron chi connectivity index (χ1n) is 9.15. The van der Waals surface area contributed by atoms with E-state index in [0.717, 1.165) is 47.6 Å². The van der Waals surface area contributed by atoms with Crippen molar-refractivity contribution in [2.24, 2.45) is 0 Å². The molecule has 3 aromatic heterocycles. The molecule has 1 aliphatic rings. The standard InChI is InChI=1S/C22H19ClN4/c23-20-6-5-16(21-18(20)4-2-9-24-21)14-27-11-7-15(8-12-27)19-13-26-22-17(19)3-1-10-25-22/h1-7,9-10,13H,8,11-12,14H2,(H,25,26). The molecule has 4 aromatic rings. The van der Waals surface area contributed by atoms with Crippen molar-refractivity contribution < 1.29 is 0 Å². The molecular weight excluding hydrogens is 356 g/mol. The molecule has 1 aliphatic heterocycles. The van der Waals surface area contributed by atoms with Gasteiger partial charge in [-0.15, -0.1) is 0 Å². The van der Waals surface area contributed by atoms with E-state index < -0.39 is 0 Å². The van der Waals surface area contributed by atoms with Crippen LogP contribution in [0.15, 0.2) is 61.1 Å². The topological polar surface area (TPSA) is 44.8 Å². The fraction of sp³-hybridized carbons (Fsp3) is 0.182. The van der Waals surface area contributed by atoms with Gasteiger partial charge in [0.15, 0.2) is 0 Å². The summed E-state index contributed by atoms with van der Waals surface area (Å²) in [5.74, 6) is 0. The van der Waals surface area contributed by atoms with Gasteiger partial charge in [-0.3, -0.25) is 9.88 Å². The van der Waals surface area contributed by atoms with E-state index in [2.05, 4.69) is 44.3 Å². The molecule has 0 bridgehead atoms. The highest BCUT2D eigenvalue weighted by Gasteiger charge is 2.17. The lowest BCUT2D eigenvalue weighted by molar-refractivity contribution is 0.295. The maximum absolute atomic E-state index is 6.32. The van der Waals surface area contributed by atoms with Gasteiger partial charge in [-0.2, -0.15) is 0 Å². The number of aromatic amines is 1. The van der Waals surface area contributed by atoms with Crippen LogP contribution in [-0.4, -0.2) is 32.9 Å². The van der Waals surface area contributed by atoms with Crippen LogP contribution in [0.5, 0.6) is 0 Å². The molecule has 1 N–H and O–H groups in total. The van der Waals surface area contributed by atoms with E-state index in [9.17, 15) is 0 Å². The molecule has 0 saturated heterocycles. The van der Waals surface area contributed by atoms with E-state index in [1.54, 1.807) is 0 Å². The summed E-state index contributed by atoms with van der Waals surface area (Å²) in [5.41, 5.74) is 5.85. The molecule has 1 aromatic carbocycles. The number of hydrogen-bond donors (Lipinski definition) is 1. The number of nitrogens with zero attached hydrogens (tertiary/aromatic N) is 3. The largest absolute Gasteiger partial charge is 0.346 e. The summed E-state index contributed by atoms with van der Waals surface area (Å²) in [5, 5.41) is 2.98. The molecule has 0 radical (unpaired) electrons. The second kappa shape index (κ2) is 6.80. The number of nitrogens with one attached hydrogen (secondary N) is 1. The minimum atomic E-state index is 0.760. The fourth-order valence-electron chi connectivity index (χ4n) is 3.89. The van der Waals surface area contributed by atoms with Crippen molar-refractivity contribution in [3.63, 3.8) is 0 Å². The molecule has 27 heavy (non-hydrogen) atoms. The molecular formula is C22H19ClN4. The van der Waals surface area contributed by atoms with Gasteiger partial charge < -0.3 is 4.98 Å². The average Bonchev–Trinajstić information content (AvgIpc) is 3.15. The van der Waals surface area contributed by atoms with Crippen LogP contribution in [0, 0.1) is 0 Å². The molecule has 0 saturated carbocycles. The predicted molar refractivity (Wildman–Crippen MR) is 111 cm³/mol. The van der Waals surface area contributed by atoms with Gasteiger partial charge in [0.05, 0.1) is 5.52 Å². The van der Waals surface area contributed by atoms with Gasteiger partial charge in [-0.1, -0.05) is 23.7 Å². The summed E-state index contributed by atoms with van der Waals surface area (Å²) < 4.78 is 0. The molecule has 0 atom stereocenters. The van der Waals surface area contributed by atoms with Crippen molar-refractivity contribution >= 4 is 39.1 Å². The monoisotopic (exact) mass is 374 g/mol. The van der Waals surface area contributed by atoms with E-state index in [1.807, 2.05) is 36.7 Å². The number of pyridine rings is 2. The smallest absolute Gasteiger partial charge is 0.137 e. The van der Waals surface area contributed by atoms with Crippen LogP contribution in [0.3, 0.4) is 0 Å². The van der Waals surface area contributed by atoms with Crippen molar-refractivity contribution in [2.45, 2.75) is 13.0 Å². The number of hydrogen-bond acceptors (Lipinski definition) is 3. The third-order valence-corrected chi connectivity index (χ3v) is 5.61. The molecule has 5 heteroatoms. The molecule has 0 aliphatic carbocycles. The summed E-state index contributed by atoms with van der Waals surface area (Å²) in [6.45, 7) is 2.83. The van der Waals surface area contributed by atoms with Crippen LogP contribution in [0.25, 0.3) is 27.5 Å². The van der Waals surface area contributed by atoms with E-state index in [1.165, 1.54) is 22.1 Å². The zero-order valence-corrected chi connectivity index (χ0v) is 15.6. The molecule has 134 valence electrons. The van der Waals surface area contributed by atoms with Crippen LogP contribution >= 0.6 is 11.6 Å². The lowest BCUT2D eigenvalue weighted by Crippen LogP contribution is -2.28. The average molecular weight is 375 g/mol. The number of aromatic nitrogens is 3. The van der Waals surface area contributed by atoms with Gasteiger partial charge in [-0.05, 0) is 47.9 Å². The minimum Gasteiger partial charge on any atom is -0.346 e. The normalized spacial score (nSPS) is 15.4. The van der Waals surface area contributed by atoms with E-state index >= 15 is 0 Å².